The maximum Gasteiger partial charge on any atom is 0.150 e. The fourth-order valence-electron chi connectivity index (χ4n) is 1.86. The Hall–Kier alpha value is -2.67. The molecule has 0 atom stereocenters. The average molecular weight is 266 g/mol. The number of aromatic nitrogens is 1. The minimum absolute atomic E-state index is 0.331. The molecule has 0 fully saturated rings. The lowest BCUT2D eigenvalue weighted by atomic mass is 10.1. The van der Waals surface area contributed by atoms with Crippen molar-refractivity contribution in [3.05, 3.63) is 52.8 Å². The van der Waals surface area contributed by atoms with E-state index in [4.69, 9.17) is 10.00 Å². The van der Waals surface area contributed by atoms with Crippen LogP contribution >= 0.6 is 0 Å². The van der Waals surface area contributed by atoms with Crippen LogP contribution in [0.1, 0.15) is 34.2 Å². The average Bonchev–Trinajstić information content (AvgIpc) is 2.49. The summed E-state index contributed by atoms with van der Waals surface area (Å²) in [4.78, 5) is 15.1. The third kappa shape index (κ3) is 2.83. The van der Waals surface area contributed by atoms with Gasteiger partial charge in [0.15, 0.2) is 0 Å². The number of hydrogen-bond acceptors (Lipinski definition) is 4. The van der Waals surface area contributed by atoms with E-state index in [1.807, 2.05) is 32.0 Å². The van der Waals surface area contributed by atoms with E-state index < -0.39 is 0 Å². The molecule has 0 unspecified atom stereocenters. The van der Waals surface area contributed by atoms with Crippen molar-refractivity contribution >= 4 is 6.29 Å². The van der Waals surface area contributed by atoms with Gasteiger partial charge in [0.25, 0.3) is 0 Å². The van der Waals surface area contributed by atoms with Crippen LogP contribution in [0.25, 0.3) is 0 Å². The molecule has 2 rings (SSSR count). The first-order valence-electron chi connectivity index (χ1n) is 6.31. The van der Waals surface area contributed by atoms with Gasteiger partial charge in [-0.2, -0.15) is 5.26 Å². The smallest absolute Gasteiger partial charge is 0.150 e. The van der Waals surface area contributed by atoms with Crippen LogP contribution in [-0.2, 0) is 6.42 Å². The summed E-state index contributed by atoms with van der Waals surface area (Å²) in [6, 6.07) is 10.5. The van der Waals surface area contributed by atoms with Crippen molar-refractivity contribution in [2.24, 2.45) is 0 Å². The number of nitrogens with zero attached hydrogens (tertiary/aromatic N) is 2. The van der Waals surface area contributed by atoms with Crippen molar-refractivity contribution in [1.82, 2.24) is 4.98 Å². The summed E-state index contributed by atoms with van der Waals surface area (Å²) in [6.07, 6.45) is 1.45. The Bertz CT molecular complexity index is 687. The second-order valence-corrected chi connectivity index (χ2v) is 4.34. The quantitative estimate of drug-likeness (QED) is 0.795. The Balaban J connectivity index is 2.40. The normalized spacial score (nSPS) is 9.85. The molecule has 0 amide bonds. The van der Waals surface area contributed by atoms with Crippen molar-refractivity contribution in [2.45, 2.75) is 20.3 Å². The molecule has 0 aliphatic rings. The van der Waals surface area contributed by atoms with Gasteiger partial charge in [-0.15, -0.1) is 0 Å². The monoisotopic (exact) mass is 266 g/mol. The van der Waals surface area contributed by atoms with E-state index in [0.29, 0.717) is 28.9 Å². The molecule has 4 nitrogen and oxygen atoms in total. The zero-order valence-corrected chi connectivity index (χ0v) is 11.4. The van der Waals surface area contributed by atoms with Crippen molar-refractivity contribution in [1.29, 1.82) is 5.26 Å². The minimum atomic E-state index is 0.331. The Morgan fingerprint density at radius 3 is 2.70 bits per heavy atom. The molecule has 0 saturated heterocycles. The van der Waals surface area contributed by atoms with E-state index in [9.17, 15) is 4.79 Å². The minimum Gasteiger partial charge on any atom is -0.454 e. The van der Waals surface area contributed by atoms with Gasteiger partial charge in [0.1, 0.15) is 23.9 Å². The molecule has 0 spiro atoms. The largest absolute Gasteiger partial charge is 0.454 e. The van der Waals surface area contributed by atoms with Crippen LogP contribution in [0.3, 0.4) is 0 Å². The zero-order chi connectivity index (χ0) is 14.5. The molecule has 0 aliphatic heterocycles. The Morgan fingerprint density at radius 2 is 2.05 bits per heavy atom. The SMILES string of the molecule is CCc1nc(C)ccc1Oc1ccc(C=O)cc1C#N. The predicted molar refractivity (Wildman–Crippen MR) is 75.0 cm³/mol. The summed E-state index contributed by atoms with van der Waals surface area (Å²) in [7, 11) is 0. The van der Waals surface area contributed by atoms with Crippen LogP contribution in [-0.4, -0.2) is 11.3 Å². The molecular formula is C16H14N2O2. The van der Waals surface area contributed by atoms with E-state index in [1.54, 1.807) is 12.1 Å². The molecule has 4 heteroatoms. The first-order chi connectivity index (χ1) is 9.67. The van der Waals surface area contributed by atoms with Gasteiger partial charge >= 0.3 is 0 Å². The number of carbonyl (C=O) groups excluding carboxylic acids is 1. The summed E-state index contributed by atoms with van der Waals surface area (Å²) >= 11 is 0. The van der Waals surface area contributed by atoms with Gasteiger partial charge in [-0.25, -0.2) is 0 Å². The molecule has 0 bridgehead atoms. The van der Waals surface area contributed by atoms with E-state index in [1.165, 1.54) is 6.07 Å². The Labute approximate surface area is 117 Å². The number of nitriles is 1. The van der Waals surface area contributed by atoms with Crippen LogP contribution in [0.5, 0.6) is 11.5 Å². The molecule has 0 saturated carbocycles. The van der Waals surface area contributed by atoms with Crippen LogP contribution in [0, 0.1) is 18.3 Å². The second kappa shape index (κ2) is 5.98. The fraction of sp³-hybridized carbons (Fsp3) is 0.188. The summed E-state index contributed by atoms with van der Waals surface area (Å²) in [6.45, 7) is 3.91. The van der Waals surface area contributed by atoms with Crippen molar-refractivity contribution < 1.29 is 9.53 Å². The highest BCUT2D eigenvalue weighted by Gasteiger charge is 2.09. The van der Waals surface area contributed by atoms with Crippen LogP contribution in [0.4, 0.5) is 0 Å². The second-order valence-electron chi connectivity index (χ2n) is 4.34. The lowest BCUT2D eigenvalue weighted by molar-refractivity contribution is 0.112. The molecule has 0 radical (unpaired) electrons. The van der Waals surface area contributed by atoms with Gasteiger partial charge in [-0.3, -0.25) is 9.78 Å². The topological polar surface area (TPSA) is 63.0 Å². The fourth-order valence-corrected chi connectivity index (χ4v) is 1.86. The highest BCUT2D eigenvalue weighted by Crippen LogP contribution is 2.28. The predicted octanol–water partition coefficient (Wildman–Crippen LogP) is 3.43. The Morgan fingerprint density at radius 1 is 1.30 bits per heavy atom. The van der Waals surface area contributed by atoms with Gasteiger partial charge in [0.05, 0.1) is 11.3 Å². The maximum atomic E-state index is 10.7. The number of hydrogen-bond donors (Lipinski definition) is 0. The lowest BCUT2D eigenvalue weighted by Crippen LogP contribution is -1.97. The maximum absolute atomic E-state index is 10.7. The number of carbonyl (C=O) groups is 1. The van der Waals surface area contributed by atoms with Gasteiger partial charge in [0, 0.05) is 11.3 Å². The summed E-state index contributed by atoms with van der Waals surface area (Å²) in [5, 5.41) is 9.13. The van der Waals surface area contributed by atoms with E-state index in [0.717, 1.165) is 17.8 Å². The highest BCUT2D eigenvalue weighted by molar-refractivity contribution is 5.76. The standard InChI is InChI=1S/C16H14N2O2/c1-3-14-16(6-4-11(2)18-14)20-15-7-5-12(10-19)8-13(15)9-17/h4-8,10H,3H2,1-2H3. The molecule has 20 heavy (non-hydrogen) atoms. The lowest BCUT2D eigenvalue weighted by Gasteiger charge is -2.11. The first-order valence-corrected chi connectivity index (χ1v) is 6.31. The van der Waals surface area contributed by atoms with Crippen molar-refractivity contribution in [3.8, 4) is 17.6 Å². The van der Waals surface area contributed by atoms with Gasteiger partial charge in [-0.1, -0.05) is 6.92 Å². The van der Waals surface area contributed by atoms with Crippen molar-refractivity contribution in [2.75, 3.05) is 0 Å². The number of aryl methyl sites for hydroxylation is 2. The number of pyridine rings is 1. The number of rotatable bonds is 4. The summed E-state index contributed by atoms with van der Waals surface area (Å²) in [5.41, 5.74) is 2.54. The molecule has 0 N–H and O–H groups in total. The first kappa shape index (κ1) is 13.8. The summed E-state index contributed by atoms with van der Waals surface area (Å²) < 4.78 is 5.78. The van der Waals surface area contributed by atoms with Gasteiger partial charge < -0.3 is 4.74 Å². The molecule has 100 valence electrons. The molecular weight excluding hydrogens is 252 g/mol. The molecule has 1 aromatic carbocycles. The summed E-state index contributed by atoms with van der Waals surface area (Å²) in [5.74, 6) is 1.06. The third-order valence-corrected chi connectivity index (χ3v) is 2.89. The van der Waals surface area contributed by atoms with Crippen LogP contribution in [0.15, 0.2) is 30.3 Å². The van der Waals surface area contributed by atoms with E-state index in [-0.39, 0.29) is 0 Å². The number of ether oxygens (including phenoxy) is 1. The van der Waals surface area contributed by atoms with Gasteiger partial charge in [0.2, 0.25) is 0 Å². The molecule has 2 aromatic rings. The number of aldehydes is 1. The molecule has 1 aromatic heterocycles. The van der Waals surface area contributed by atoms with E-state index in [2.05, 4.69) is 4.98 Å². The zero-order valence-electron chi connectivity index (χ0n) is 11.4. The Kier molecular flexibility index (Phi) is 4.11. The highest BCUT2D eigenvalue weighted by atomic mass is 16.5. The van der Waals surface area contributed by atoms with Gasteiger partial charge in [-0.05, 0) is 43.7 Å². The van der Waals surface area contributed by atoms with Crippen LogP contribution in [0.2, 0.25) is 0 Å². The number of benzene rings is 1. The van der Waals surface area contributed by atoms with E-state index >= 15 is 0 Å². The molecule has 1 heterocycles. The van der Waals surface area contributed by atoms with Crippen molar-refractivity contribution in [3.63, 3.8) is 0 Å². The third-order valence-electron chi connectivity index (χ3n) is 2.89. The molecule has 0 aliphatic carbocycles. The van der Waals surface area contributed by atoms with Crippen LogP contribution < -0.4 is 4.74 Å².